The third-order valence-corrected chi connectivity index (χ3v) is 4.52. The summed E-state index contributed by atoms with van der Waals surface area (Å²) in [5.41, 5.74) is 3.52. The molecule has 27 heavy (non-hydrogen) atoms. The minimum absolute atomic E-state index is 0.279. The first-order chi connectivity index (χ1) is 13.0. The highest BCUT2D eigenvalue weighted by atomic mass is 16.1. The Kier molecular flexibility index (Phi) is 5.10. The first-order valence-electron chi connectivity index (χ1n) is 8.42. The van der Waals surface area contributed by atoms with Gasteiger partial charge in [-0.3, -0.25) is 14.8 Å². The number of carbonyl (C=O) groups excluding carboxylic acids is 1. The van der Waals surface area contributed by atoms with Gasteiger partial charge in [0.2, 0.25) is 0 Å². The molecular weight excluding hydrogens is 338 g/mol. The van der Waals surface area contributed by atoms with Crippen LogP contribution in [0.3, 0.4) is 0 Å². The van der Waals surface area contributed by atoms with Crippen molar-refractivity contribution in [2.75, 3.05) is 5.32 Å². The molecule has 2 unspecified atom stereocenters. The quantitative estimate of drug-likeness (QED) is 0.904. The molecule has 132 valence electrons. The summed E-state index contributed by atoms with van der Waals surface area (Å²) in [7, 11) is 0. The Morgan fingerprint density at radius 1 is 1.19 bits per heavy atom. The number of aliphatic imine (C=N–C) groups is 1. The maximum Gasteiger partial charge on any atom is 0.255 e. The minimum atomic E-state index is -0.542. The third kappa shape index (κ3) is 3.61. The molecule has 0 fully saturated rings. The lowest BCUT2D eigenvalue weighted by Crippen LogP contribution is -2.25. The molecule has 1 aromatic heterocycles. The number of nitrogens with one attached hydrogen (secondary N) is 1. The molecule has 0 saturated carbocycles. The summed E-state index contributed by atoms with van der Waals surface area (Å²) in [6, 6.07) is 14.9. The van der Waals surface area contributed by atoms with E-state index in [9.17, 15) is 15.3 Å². The van der Waals surface area contributed by atoms with Crippen LogP contribution in [-0.2, 0) is 0 Å². The average Bonchev–Trinajstić information content (AvgIpc) is 2.68. The van der Waals surface area contributed by atoms with Gasteiger partial charge in [-0.2, -0.15) is 10.5 Å². The van der Waals surface area contributed by atoms with Crippen LogP contribution in [0.15, 0.2) is 65.1 Å². The van der Waals surface area contributed by atoms with Gasteiger partial charge in [-0.25, -0.2) is 0 Å². The number of hydrogen-bond acceptors (Lipinski definition) is 5. The fourth-order valence-corrected chi connectivity index (χ4v) is 3.22. The molecular formula is C21H17N5O. The zero-order valence-electron chi connectivity index (χ0n) is 15.0. The highest BCUT2D eigenvalue weighted by Crippen LogP contribution is 2.38. The molecule has 2 atom stereocenters. The van der Waals surface area contributed by atoms with Gasteiger partial charge >= 0.3 is 0 Å². The Bertz CT molecular complexity index is 1020. The molecule has 0 radical (unpaired) electrons. The van der Waals surface area contributed by atoms with Crippen LogP contribution in [0.2, 0.25) is 0 Å². The smallest absolute Gasteiger partial charge is 0.255 e. The molecule has 6 nitrogen and oxygen atoms in total. The summed E-state index contributed by atoms with van der Waals surface area (Å²) in [4.78, 5) is 20.9. The van der Waals surface area contributed by atoms with E-state index in [4.69, 9.17) is 0 Å². The molecule has 0 saturated heterocycles. The Labute approximate surface area is 157 Å². The van der Waals surface area contributed by atoms with Gasteiger partial charge in [-0.1, -0.05) is 12.1 Å². The van der Waals surface area contributed by atoms with Crippen LogP contribution in [0.5, 0.6) is 0 Å². The number of hydrogen-bond donors (Lipinski definition) is 1. The Balaban J connectivity index is 1.97. The second kappa shape index (κ2) is 7.63. The number of amides is 1. The SMILES string of the molecule is CC1=NC(C)=C(C#N)C(c2cccc(C(=O)Nc3cccnc3)c2)C1C#N. The number of carbonyl (C=O) groups is 1. The van der Waals surface area contributed by atoms with Gasteiger partial charge in [0.25, 0.3) is 5.91 Å². The van der Waals surface area contributed by atoms with Crippen molar-refractivity contribution in [3.05, 3.63) is 71.2 Å². The summed E-state index contributed by atoms with van der Waals surface area (Å²) in [5, 5.41) is 22.0. The van der Waals surface area contributed by atoms with E-state index in [1.165, 1.54) is 0 Å². The summed E-state index contributed by atoms with van der Waals surface area (Å²) < 4.78 is 0. The fourth-order valence-electron chi connectivity index (χ4n) is 3.22. The van der Waals surface area contributed by atoms with Gasteiger partial charge in [0.15, 0.2) is 0 Å². The second-order valence-corrected chi connectivity index (χ2v) is 6.27. The molecule has 0 aliphatic carbocycles. The molecule has 1 N–H and O–H groups in total. The van der Waals surface area contributed by atoms with E-state index in [0.717, 1.165) is 5.56 Å². The largest absolute Gasteiger partial charge is 0.321 e. The van der Waals surface area contributed by atoms with Crippen molar-refractivity contribution in [2.24, 2.45) is 10.9 Å². The second-order valence-electron chi connectivity index (χ2n) is 6.27. The Hall–Kier alpha value is -3.77. The summed E-state index contributed by atoms with van der Waals surface area (Å²) in [5.74, 6) is -1.26. The van der Waals surface area contributed by atoms with Gasteiger partial charge < -0.3 is 5.32 Å². The van der Waals surface area contributed by atoms with Crippen LogP contribution in [0.25, 0.3) is 0 Å². The van der Waals surface area contributed by atoms with E-state index >= 15 is 0 Å². The van der Waals surface area contributed by atoms with Crippen molar-refractivity contribution >= 4 is 17.3 Å². The molecule has 0 bridgehead atoms. The van der Waals surface area contributed by atoms with Crippen LogP contribution in [-0.4, -0.2) is 16.6 Å². The van der Waals surface area contributed by atoms with Crippen molar-refractivity contribution in [1.82, 2.24) is 4.98 Å². The number of anilines is 1. The highest BCUT2D eigenvalue weighted by Gasteiger charge is 2.34. The van der Waals surface area contributed by atoms with Crippen LogP contribution in [0, 0.1) is 28.6 Å². The van der Waals surface area contributed by atoms with Crippen LogP contribution < -0.4 is 5.32 Å². The molecule has 2 heterocycles. The summed E-state index contributed by atoms with van der Waals surface area (Å²) in [6.07, 6.45) is 3.19. The normalized spacial score (nSPS) is 18.9. The molecule has 0 spiro atoms. The Morgan fingerprint density at radius 2 is 2.00 bits per heavy atom. The van der Waals surface area contributed by atoms with E-state index in [0.29, 0.717) is 28.2 Å². The zero-order valence-corrected chi connectivity index (χ0v) is 15.0. The molecule has 1 aliphatic heterocycles. The highest BCUT2D eigenvalue weighted by molar-refractivity contribution is 6.04. The maximum atomic E-state index is 12.6. The lowest BCUT2D eigenvalue weighted by atomic mass is 9.76. The van der Waals surface area contributed by atoms with Crippen molar-refractivity contribution in [1.29, 1.82) is 10.5 Å². The van der Waals surface area contributed by atoms with Gasteiger partial charge in [-0.05, 0) is 43.7 Å². The van der Waals surface area contributed by atoms with Crippen LogP contribution >= 0.6 is 0 Å². The van der Waals surface area contributed by atoms with Crippen LogP contribution in [0.4, 0.5) is 5.69 Å². The topological polar surface area (TPSA) is 102 Å². The predicted octanol–water partition coefficient (Wildman–Crippen LogP) is 3.83. The van der Waals surface area contributed by atoms with Crippen molar-refractivity contribution in [3.63, 3.8) is 0 Å². The number of nitrogens with zero attached hydrogens (tertiary/aromatic N) is 4. The third-order valence-electron chi connectivity index (χ3n) is 4.52. The van der Waals surface area contributed by atoms with E-state index in [-0.39, 0.29) is 5.91 Å². The minimum Gasteiger partial charge on any atom is -0.321 e. The molecule has 1 aromatic carbocycles. The fraction of sp³-hybridized carbons (Fsp3) is 0.190. The molecule has 1 aliphatic rings. The van der Waals surface area contributed by atoms with E-state index in [1.54, 1.807) is 56.6 Å². The molecule has 6 heteroatoms. The number of benzene rings is 1. The van der Waals surface area contributed by atoms with Gasteiger partial charge in [-0.15, -0.1) is 0 Å². The predicted molar refractivity (Wildman–Crippen MR) is 102 cm³/mol. The molecule has 3 rings (SSSR count). The standard InChI is InChI=1S/C21H17N5O/c1-13-18(10-22)20(19(11-23)14(2)25-13)15-5-3-6-16(9-15)21(27)26-17-7-4-8-24-12-17/h3-9,12,18,20H,1-2H3,(H,26,27). The lowest BCUT2D eigenvalue weighted by molar-refractivity contribution is 0.102. The first-order valence-corrected chi connectivity index (χ1v) is 8.42. The number of aromatic nitrogens is 1. The van der Waals surface area contributed by atoms with Crippen LogP contribution in [0.1, 0.15) is 35.7 Å². The average molecular weight is 355 g/mol. The zero-order chi connectivity index (χ0) is 19.4. The van der Waals surface area contributed by atoms with E-state index in [2.05, 4.69) is 27.4 Å². The van der Waals surface area contributed by atoms with E-state index < -0.39 is 11.8 Å². The number of rotatable bonds is 3. The Morgan fingerprint density at radius 3 is 2.67 bits per heavy atom. The summed E-state index contributed by atoms with van der Waals surface area (Å²) in [6.45, 7) is 3.55. The van der Waals surface area contributed by atoms with Gasteiger partial charge in [0.1, 0.15) is 0 Å². The number of pyridine rings is 1. The molecule has 2 aromatic rings. The van der Waals surface area contributed by atoms with Crippen molar-refractivity contribution in [3.8, 4) is 12.1 Å². The van der Waals surface area contributed by atoms with Crippen molar-refractivity contribution < 1.29 is 4.79 Å². The van der Waals surface area contributed by atoms with Gasteiger partial charge in [0, 0.05) is 23.4 Å². The maximum absolute atomic E-state index is 12.6. The number of allylic oxidation sites excluding steroid dienone is 2. The monoisotopic (exact) mass is 355 g/mol. The molecule has 1 amide bonds. The summed E-state index contributed by atoms with van der Waals surface area (Å²) >= 11 is 0. The van der Waals surface area contributed by atoms with Crippen molar-refractivity contribution in [2.45, 2.75) is 19.8 Å². The van der Waals surface area contributed by atoms with E-state index in [1.807, 2.05) is 6.07 Å². The first kappa shape index (κ1) is 18.0. The number of nitriles is 2. The van der Waals surface area contributed by atoms with Gasteiger partial charge in [0.05, 0.1) is 41.2 Å². The lowest BCUT2D eigenvalue weighted by Gasteiger charge is -2.27.